The number of nitrogens with one attached hydrogen (secondary N) is 2. The summed E-state index contributed by atoms with van der Waals surface area (Å²) in [5.74, 6) is 1.47. The first-order chi connectivity index (χ1) is 15.1. The fraction of sp³-hybridized carbons (Fsp3) is 0.273. The second-order valence-corrected chi connectivity index (χ2v) is 8.98. The predicted molar refractivity (Wildman–Crippen MR) is 125 cm³/mol. The largest absolute Gasteiger partial charge is 0.497 e. The fourth-order valence-electron chi connectivity index (χ4n) is 3.35. The quantitative estimate of drug-likeness (QED) is 0.405. The first-order valence-electron chi connectivity index (χ1n) is 9.88. The lowest BCUT2D eigenvalue weighted by molar-refractivity contribution is 0.0943. The summed E-state index contributed by atoms with van der Waals surface area (Å²) in [6, 6.07) is 7.86. The van der Waals surface area contributed by atoms with Crippen molar-refractivity contribution in [3.8, 4) is 5.75 Å². The maximum atomic E-state index is 12.9. The zero-order chi connectivity index (χ0) is 21.8. The Kier molecular flexibility index (Phi) is 6.43. The van der Waals surface area contributed by atoms with Crippen LogP contribution in [0.3, 0.4) is 0 Å². The van der Waals surface area contributed by atoms with E-state index in [4.69, 9.17) is 4.74 Å². The molecule has 31 heavy (non-hydrogen) atoms. The molecule has 3 aromatic heterocycles. The number of fused-ring (bicyclic) bond motifs is 1. The van der Waals surface area contributed by atoms with E-state index in [2.05, 4.69) is 31.7 Å². The average molecular weight is 454 g/mol. The maximum absolute atomic E-state index is 12.9. The Balaban J connectivity index is 1.50. The highest BCUT2D eigenvalue weighted by atomic mass is 32.1. The molecule has 0 spiro atoms. The molecule has 0 unspecified atom stereocenters. The summed E-state index contributed by atoms with van der Waals surface area (Å²) in [5, 5.41) is 10.1. The Hall–Kier alpha value is -3.04. The Bertz CT molecular complexity index is 1190. The van der Waals surface area contributed by atoms with Crippen molar-refractivity contribution in [2.45, 2.75) is 26.3 Å². The van der Waals surface area contributed by atoms with Crippen LogP contribution in [-0.2, 0) is 6.42 Å². The molecule has 9 heteroatoms. The summed E-state index contributed by atoms with van der Waals surface area (Å²) < 4.78 is 5.29. The number of nitrogens with zero attached hydrogens (tertiary/aromatic N) is 3. The summed E-state index contributed by atoms with van der Waals surface area (Å²) in [7, 11) is 1.67. The minimum absolute atomic E-state index is 0.120. The van der Waals surface area contributed by atoms with Gasteiger partial charge in [-0.3, -0.25) is 4.79 Å². The van der Waals surface area contributed by atoms with Crippen LogP contribution < -0.4 is 15.4 Å². The van der Waals surface area contributed by atoms with Crippen LogP contribution >= 0.6 is 22.7 Å². The first-order valence-corrected chi connectivity index (χ1v) is 11.6. The summed E-state index contributed by atoms with van der Waals surface area (Å²) in [4.78, 5) is 27.4. The van der Waals surface area contributed by atoms with Gasteiger partial charge >= 0.3 is 0 Å². The van der Waals surface area contributed by atoms with E-state index in [0.29, 0.717) is 11.4 Å². The van der Waals surface area contributed by atoms with Gasteiger partial charge in [0, 0.05) is 18.1 Å². The van der Waals surface area contributed by atoms with E-state index in [0.717, 1.165) is 38.8 Å². The molecule has 4 aromatic rings. The fourth-order valence-corrected chi connectivity index (χ4v) is 5.05. The lowest BCUT2D eigenvalue weighted by Gasteiger charge is -2.11. The van der Waals surface area contributed by atoms with Crippen molar-refractivity contribution in [2.24, 2.45) is 0 Å². The SMILES string of the molecule is COc1cccc(CCNc2ncnc3sc(C(=O)N[C@@H](C)c4nccs4)c(C)c23)c1. The minimum Gasteiger partial charge on any atom is -0.497 e. The van der Waals surface area contributed by atoms with Gasteiger partial charge in [-0.2, -0.15) is 0 Å². The van der Waals surface area contributed by atoms with Gasteiger partial charge in [0.05, 0.1) is 23.4 Å². The number of hydrogen-bond acceptors (Lipinski definition) is 8. The number of methoxy groups -OCH3 is 1. The minimum atomic E-state index is -0.149. The number of amides is 1. The molecule has 4 rings (SSSR count). The second kappa shape index (κ2) is 9.40. The van der Waals surface area contributed by atoms with E-state index in [1.165, 1.54) is 34.6 Å². The van der Waals surface area contributed by atoms with Gasteiger partial charge in [0.2, 0.25) is 0 Å². The summed E-state index contributed by atoms with van der Waals surface area (Å²) in [6.45, 7) is 4.58. The highest BCUT2D eigenvalue weighted by Gasteiger charge is 2.21. The zero-order valence-corrected chi connectivity index (χ0v) is 19.1. The highest BCUT2D eigenvalue weighted by Crippen LogP contribution is 2.33. The summed E-state index contributed by atoms with van der Waals surface area (Å²) >= 11 is 2.91. The molecule has 0 saturated heterocycles. The van der Waals surface area contributed by atoms with E-state index >= 15 is 0 Å². The Morgan fingerprint density at radius 2 is 2.13 bits per heavy atom. The zero-order valence-electron chi connectivity index (χ0n) is 17.5. The van der Waals surface area contributed by atoms with Crippen molar-refractivity contribution >= 4 is 44.6 Å². The molecule has 0 aliphatic heterocycles. The monoisotopic (exact) mass is 453 g/mol. The van der Waals surface area contributed by atoms with Gasteiger partial charge in [0.15, 0.2) is 0 Å². The highest BCUT2D eigenvalue weighted by molar-refractivity contribution is 7.20. The number of thiazole rings is 1. The Morgan fingerprint density at radius 3 is 2.90 bits per heavy atom. The molecule has 1 aromatic carbocycles. The number of hydrogen-bond donors (Lipinski definition) is 2. The number of ether oxygens (including phenoxy) is 1. The Labute approximate surface area is 188 Å². The third-order valence-electron chi connectivity index (χ3n) is 4.94. The van der Waals surface area contributed by atoms with Crippen molar-refractivity contribution in [1.29, 1.82) is 0 Å². The van der Waals surface area contributed by atoms with Gasteiger partial charge in [0.1, 0.15) is 27.7 Å². The second-order valence-electron chi connectivity index (χ2n) is 7.05. The van der Waals surface area contributed by atoms with Crippen LogP contribution in [0.25, 0.3) is 10.2 Å². The molecule has 0 fully saturated rings. The number of aromatic nitrogens is 3. The standard InChI is InChI=1S/C22H23N5O2S2/c1-13-17-19(23-8-7-15-5-4-6-16(11-15)29-3)25-12-26-22(17)31-18(13)20(28)27-14(2)21-24-9-10-30-21/h4-6,9-12,14H,7-8H2,1-3H3,(H,27,28)(H,23,25,26)/t14-/m0/s1. The normalized spacial score (nSPS) is 12.0. The summed E-state index contributed by atoms with van der Waals surface area (Å²) in [5.41, 5.74) is 2.06. The maximum Gasteiger partial charge on any atom is 0.262 e. The molecule has 0 bridgehead atoms. The number of thiophene rings is 1. The number of carbonyl (C=O) groups is 1. The third-order valence-corrected chi connectivity index (χ3v) is 7.10. The molecule has 3 heterocycles. The third kappa shape index (κ3) is 4.67. The number of anilines is 1. The van der Waals surface area contributed by atoms with Crippen molar-refractivity contribution in [3.63, 3.8) is 0 Å². The van der Waals surface area contributed by atoms with Gasteiger partial charge in [-0.25, -0.2) is 15.0 Å². The lowest BCUT2D eigenvalue weighted by Crippen LogP contribution is -2.26. The smallest absolute Gasteiger partial charge is 0.262 e. The summed E-state index contributed by atoms with van der Waals surface area (Å²) in [6.07, 6.45) is 4.10. The Morgan fingerprint density at radius 1 is 1.26 bits per heavy atom. The van der Waals surface area contributed by atoms with Crippen molar-refractivity contribution in [2.75, 3.05) is 19.0 Å². The molecule has 0 saturated carbocycles. The first kappa shape index (κ1) is 21.2. The van der Waals surface area contributed by atoms with E-state index in [1.807, 2.05) is 37.4 Å². The predicted octanol–water partition coefficient (Wildman–Crippen LogP) is 4.61. The van der Waals surface area contributed by atoms with E-state index in [-0.39, 0.29) is 11.9 Å². The average Bonchev–Trinajstić information content (AvgIpc) is 3.43. The van der Waals surface area contributed by atoms with E-state index in [1.54, 1.807) is 13.3 Å². The molecule has 1 atom stereocenters. The van der Waals surface area contributed by atoms with Crippen LogP contribution in [0.4, 0.5) is 5.82 Å². The molecule has 1 amide bonds. The van der Waals surface area contributed by atoms with Gasteiger partial charge in [-0.05, 0) is 43.5 Å². The molecule has 0 aliphatic carbocycles. The number of rotatable bonds is 8. The topological polar surface area (TPSA) is 89.0 Å². The van der Waals surface area contributed by atoms with E-state index in [9.17, 15) is 4.79 Å². The van der Waals surface area contributed by atoms with E-state index < -0.39 is 0 Å². The molecular weight excluding hydrogens is 430 g/mol. The molecule has 160 valence electrons. The molecular formula is C22H23N5O2S2. The molecule has 2 N–H and O–H groups in total. The number of benzene rings is 1. The van der Waals surface area contributed by atoms with Crippen molar-refractivity contribution in [3.05, 3.63) is 63.2 Å². The molecule has 0 radical (unpaired) electrons. The van der Waals surface area contributed by atoms with Crippen LogP contribution in [0.2, 0.25) is 0 Å². The molecule has 7 nitrogen and oxygen atoms in total. The van der Waals surface area contributed by atoms with Crippen LogP contribution in [-0.4, -0.2) is 34.5 Å². The van der Waals surface area contributed by atoms with Gasteiger partial charge in [-0.1, -0.05) is 12.1 Å². The van der Waals surface area contributed by atoms with Gasteiger partial charge in [-0.15, -0.1) is 22.7 Å². The van der Waals surface area contributed by atoms with Crippen molar-refractivity contribution < 1.29 is 9.53 Å². The molecule has 0 aliphatic rings. The number of carbonyl (C=O) groups excluding carboxylic acids is 1. The van der Waals surface area contributed by atoms with Crippen LogP contribution in [0, 0.1) is 6.92 Å². The van der Waals surface area contributed by atoms with Gasteiger partial charge in [0.25, 0.3) is 5.91 Å². The van der Waals surface area contributed by atoms with Crippen LogP contribution in [0.5, 0.6) is 5.75 Å². The van der Waals surface area contributed by atoms with Crippen LogP contribution in [0.15, 0.2) is 42.2 Å². The van der Waals surface area contributed by atoms with Crippen molar-refractivity contribution in [1.82, 2.24) is 20.3 Å². The van der Waals surface area contributed by atoms with Gasteiger partial charge < -0.3 is 15.4 Å². The van der Waals surface area contributed by atoms with Crippen LogP contribution in [0.1, 0.15) is 38.8 Å². The number of aryl methyl sites for hydroxylation is 1. The lowest BCUT2D eigenvalue weighted by atomic mass is 10.1.